The molecule has 0 unspecified atom stereocenters. The Morgan fingerprint density at radius 3 is 2.63 bits per heavy atom. The van der Waals surface area contributed by atoms with Crippen LogP contribution in [-0.2, 0) is 9.59 Å². The summed E-state index contributed by atoms with van der Waals surface area (Å²) in [5.41, 5.74) is 1.43. The number of para-hydroxylation sites is 2. The average Bonchev–Trinajstić information content (AvgIpc) is 3.34. The third-order valence-electron chi connectivity index (χ3n) is 4.04. The lowest BCUT2D eigenvalue weighted by molar-refractivity contribution is -0.116. The highest BCUT2D eigenvalue weighted by Gasteiger charge is 2.20. The lowest BCUT2D eigenvalue weighted by Crippen LogP contribution is -2.23. The Morgan fingerprint density at radius 2 is 1.87 bits per heavy atom. The van der Waals surface area contributed by atoms with Crippen LogP contribution in [0.5, 0.6) is 0 Å². The van der Waals surface area contributed by atoms with Gasteiger partial charge in [-0.15, -0.1) is 11.3 Å². The number of nitrogens with zero attached hydrogens (tertiary/aromatic N) is 3. The fourth-order valence-corrected chi connectivity index (χ4v) is 4.45. The molecule has 0 aliphatic heterocycles. The smallest absolute Gasteiger partial charge is 0.250 e. The molecular weight excluding hydrogens is 423 g/mol. The van der Waals surface area contributed by atoms with E-state index in [9.17, 15) is 14.0 Å². The maximum Gasteiger partial charge on any atom is 0.250 e. The first kappa shape index (κ1) is 19.9. The van der Waals surface area contributed by atoms with Gasteiger partial charge in [0.25, 0.3) is 0 Å². The fourth-order valence-electron chi connectivity index (χ4n) is 2.73. The van der Waals surface area contributed by atoms with Gasteiger partial charge < -0.3 is 0 Å². The standard InChI is InChI=1S/C21H15FN4O2S2/c1-13(27)26(17-8-4-2-6-15(17)22)21-23-14(12-29-21)10-11-19(28)25-20-24-16-7-3-5-9-18(16)30-20/h2-12H,1H3,(H,24,25,28)/b11-10+. The lowest BCUT2D eigenvalue weighted by atomic mass is 10.3. The summed E-state index contributed by atoms with van der Waals surface area (Å²) in [6.07, 6.45) is 2.87. The number of rotatable bonds is 5. The molecule has 9 heteroatoms. The Morgan fingerprint density at radius 1 is 1.10 bits per heavy atom. The van der Waals surface area contributed by atoms with Gasteiger partial charge >= 0.3 is 0 Å². The van der Waals surface area contributed by atoms with Crippen LogP contribution in [0, 0.1) is 5.82 Å². The number of carbonyl (C=O) groups excluding carboxylic acids is 2. The van der Waals surface area contributed by atoms with E-state index in [1.807, 2.05) is 24.3 Å². The second-order valence-electron chi connectivity index (χ2n) is 6.17. The molecule has 4 aromatic rings. The predicted octanol–water partition coefficient (Wildman–Crippen LogP) is 5.23. The largest absolute Gasteiger partial charge is 0.298 e. The van der Waals surface area contributed by atoms with Gasteiger partial charge in [0.05, 0.1) is 21.6 Å². The molecule has 2 aromatic carbocycles. The first-order valence-electron chi connectivity index (χ1n) is 8.86. The summed E-state index contributed by atoms with van der Waals surface area (Å²) in [6.45, 7) is 1.34. The third-order valence-corrected chi connectivity index (χ3v) is 5.83. The predicted molar refractivity (Wildman–Crippen MR) is 119 cm³/mol. The number of amides is 2. The second kappa shape index (κ2) is 8.52. The quantitative estimate of drug-likeness (QED) is 0.433. The SMILES string of the molecule is CC(=O)N(c1nc(/C=C/C(=O)Nc2nc3ccccc3s2)cs1)c1ccccc1F. The maximum absolute atomic E-state index is 14.1. The highest BCUT2D eigenvalue weighted by molar-refractivity contribution is 7.22. The minimum atomic E-state index is -0.518. The topological polar surface area (TPSA) is 75.2 Å². The zero-order valence-corrected chi connectivity index (χ0v) is 17.3. The molecule has 2 aromatic heterocycles. The Bertz CT molecular complexity index is 1230. The molecule has 4 rings (SSSR count). The van der Waals surface area contributed by atoms with Crippen LogP contribution in [0.2, 0.25) is 0 Å². The normalized spacial score (nSPS) is 11.1. The van der Waals surface area contributed by atoms with E-state index in [-0.39, 0.29) is 17.5 Å². The van der Waals surface area contributed by atoms with Crippen LogP contribution in [0.1, 0.15) is 12.6 Å². The van der Waals surface area contributed by atoms with Crippen LogP contribution in [-0.4, -0.2) is 21.8 Å². The minimum Gasteiger partial charge on any atom is -0.298 e. The van der Waals surface area contributed by atoms with Crippen molar-refractivity contribution in [3.63, 3.8) is 0 Å². The molecule has 150 valence electrons. The van der Waals surface area contributed by atoms with Crippen LogP contribution in [0.4, 0.5) is 20.3 Å². The molecule has 0 atom stereocenters. The summed E-state index contributed by atoms with van der Waals surface area (Å²) in [7, 11) is 0. The first-order valence-corrected chi connectivity index (χ1v) is 10.6. The number of aromatic nitrogens is 2. The molecule has 1 N–H and O–H groups in total. The summed E-state index contributed by atoms with van der Waals surface area (Å²) in [6, 6.07) is 13.6. The molecule has 0 saturated carbocycles. The van der Waals surface area contributed by atoms with Crippen molar-refractivity contribution >= 4 is 66.7 Å². The molecule has 0 aliphatic carbocycles. The highest BCUT2D eigenvalue weighted by Crippen LogP contribution is 2.31. The van der Waals surface area contributed by atoms with Crippen molar-refractivity contribution < 1.29 is 14.0 Å². The van der Waals surface area contributed by atoms with Gasteiger partial charge in [-0.3, -0.25) is 19.8 Å². The number of thiazole rings is 2. The van der Waals surface area contributed by atoms with Gasteiger partial charge in [0.1, 0.15) is 5.82 Å². The lowest BCUT2D eigenvalue weighted by Gasteiger charge is -2.18. The molecule has 0 radical (unpaired) electrons. The number of anilines is 3. The summed E-state index contributed by atoms with van der Waals surface area (Å²) in [4.78, 5) is 34.2. The van der Waals surface area contributed by atoms with Crippen molar-refractivity contribution in [3.8, 4) is 0 Å². The monoisotopic (exact) mass is 438 g/mol. The van der Waals surface area contributed by atoms with Crippen LogP contribution in [0.3, 0.4) is 0 Å². The van der Waals surface area contributed by atoms with Crippen LogP contribution < -0.4 is 10.2 Å². The number of fused-ring (bicyclic) bond motifs is 1. The molecule has 0 saturated heterocycles. The summed E-state index contributed by atoms with van der Waals surface area (Å²) in [5, 5.41) is 5.24. The third kappa shape index (κ3) is 4.27. The van der Waals surface area contributed by atoms with Gasteiger partial charge in [-0.05, 0) is 30.3 Å². The first-order chi connectivity index (χ1) is 14.5. The second-order valence-corrected chi connectivity index (χ2v) is 8.04. The Hall–Kier alpha value is -3.43. The average molecular weight is 439 g/mol. The zero-order chi connectivity index (χ0) is 21.1. The Labute approximate surface area is 179 Å². The van der Waals surface area contributed by atoms with E-state index < -0.39 is 5.82 Å². The number of halogens is 1. The summed E-state index contributed by atoms with van der Waals surface area (Å²) in [5.74, 6) is -1.23. The van der Waals surface area contributed by atoms with E-state index in [1.165, 1.54) is 58.8 Å². The van der Waals surface area contributed by atoms with Gasteiger partial charge in [0, 0.05) is 18.4 Å². The molecule has 2 heterocycles. The summed E-state index contributed by atoms with van der Waals surface area (Å²) < 4.78 is 15.1. The number of benzene rings is 2. The van der Waals surface area contributed by atoms with E-state index in [0.29, 0.717) is 16.0 Å². The fraction of sp³-hybridized carbons (Fsp3) is 0.0476. The Kier molecular flexibility index (Phi) is 5.64. The molecule has 0 aliphatic rings. The summed E-state index contributed by atoms with van der Waals surface area (Å²) >= 11 is 2.57. The number of nitrogens with one attached hydrogen (secondary N) is 1. The van der Waals surface area contributed by atoms with E-state index in [4.69, 9.17) is 0 Å². The van der Waals surface area contributed by atoms with E-state index >= 15 is 0 Å². The van der Waals surface area contributed by atoms with Crippen molar-refractivity contribution in [3.05, 3.63) is 71.5 Å². The van der Waals surface area contributed by atoms with Crippen LogP contribution >= 0.6 is 22.7 Å². The maximum atomic E-state index is 14.1. The van der Waals surface area contributed by atoms with Crippen molar-refractivity contribution in [2.24, 2.45) is 0 Å². The van der Waals surface area contributed by atoms with Gasteiger partial charge in [0.15, 0.2) is 10.3 Å². The molecule has 2 amide bonds. The van der Waals surface area contributed by atoms with Crippen LogP contribution in [0.15, 0.2) is 60.0 Å². The number of hydrogen-bond acceptors (Lipinski definition) is 6. The Balaban J connectivity index is 1.49. The van der Waals surface area contributed by atoms with Gasteiger partial charge in [-0.1, -0.05) is 35.6 Å². The molecule has 0 fully saturated rings. The number of carbonyl (C=O) groups is 2. The van der Waals surface area contributed by atoms with E-state index in [1.54, 1.807) is 17.5 Å². The van der Waals surface area contributed by atoms with Crippen molar-refractivity contribution in [1.82, 2.24) is 9.97 Å². The van der Waals surface area contributed by atoms with Gasteiger partial charge in [0.2, 0.25) is 11.8 Å². The van der Waals surface area contributed by atoms with Crippen molar-refractivity contribution in [2.45, 2.75) is 6.92 Å². The molecule has 6 nitrogen and oxygen atoms in total. The molecule has 0 spiro atoms. The highest BCUT2D eigenvalue weighted by atomic mass is 32.1. The molecular formula is C21H15FN4O2S2. The molecule has 0 bridgehead atoms. The number of hydrogen-bond donors (Lipinski definition) is 1. The van der Waals surface area contributed by atoms with Crippen LogP contribution in [0.25, 0.3) is 16.3 Å². The van der Waals surface area contributed by atoms with E-state index in [0.717, 1.165) is 10.2 Å². The van der Waals surface area contributed by atoms with E-state index in [2.05, 4.69) is 15.3 Å². The van der Waals surface area contributed by atoms with Crippen molar-refractivity contribution in [2.75, 3.05) is 10.2 Å². The molecule has 30 heavy (non-hydrogen) atoms. The minimum absolute atomic E-state index is 0.128. The van der Waals surface area contributed by atoms with Gasteiger partial charge in [-0.2, -0.15) is 0 Å². The zero-order valence-electron chi connectivity index (χ0n) is 15.7. The van der Waals surface area contributed by atoms with Gasteiger partial charge in [-0.25, -0.2) is 14.4 Å². The van der Waals surface area contributed by atoms with Crippen molar-refractivity contribution in [1.29, 1.82) is 0 Å².